The number of rotatable bonds is 5. The monoisotopic (exact) mass is 287 g/mol. The maximum atomic E-state index is 5.39. The summed E-state index contributed by atoms with van der Waals surface area (Å²) in [6.07, 6.45) is 1.46. The predicted octanol–water partition coefficient (Wildman–Crippen LogP) is 3.15. The van der Waals surface area contributed by atoms with Crippen LogP contribution in [-0.2, 0) is 12.8 Å². The SMILES string of the molecule is CNC(Cc1nc(Cc2cccc(C)c2)no1)C(C)(C)C. The number of hydrogen-bond donors (Lipinski definition) is 1. The molecule has 0 saturated heterocycles. The molecule has 0 amide bonds. The standard InChI is InChI=1S/C17H25N3O/c1-12-7-6-8-13(9-12)10-15-19-16(21-20-15)11-14(18-5)17(2,3)4/h6-9,14,18H,10-11H2,1-5H3. The second kappa shape index (κ2) is 6.39. The van der Waals surface area contributed by atoms with E-state index in [4.69, 9.17) is 4.52 Å². The molecule has 1 N–H and O–H groups in total. The minimum Gasteiger partial charge on any atom is -0.339 e. The molecule has 114 valence electrons. The van der Waals surface area contributed by atoms with Crippen LogP contribution in [0.5, 0.6) is 0 Å². The summed E-state index contributed by atoms with van der Waals surface area (Å²) in [5, 5.41) is 7.43. The van der Waals surface area contributed by atoms with Gasteiger partial charge in [-0.3, -0.25) is 0 Å². The van der Waals surface area contributed by atoms with Gasteiger partial charge in [-0.2, -0.15) is 4.98 Å². The quantitative estimate of drug-likeness (QED) is 0.918. The summed E-state index contributed by atoms with van der Waals surface area (Å²) in [6, 6.07) is 8.70. The van der Waals surface area contributed by atoms with Gasteiger partial charge in [0.2, 0.25) is 5.89 Å². The Hall–Kier alpha value is -1.68. The average molecular weight is 287 g/mol. The van der Waals surface area contributed by atoms with E-state index in [1.807, 2.05) is 7.05 Å². The van der Waals surface area contributed by atoms with Crippen molar-refractivity contribution in [3.05, 3.63) is 47.1 Å². The molecular formula is C17H25N3O. The maximum absolute atomic E-state index is 5.39. The zero-order valence-corrected chi connectivity index (χ0v) is 13.6. The van der Waals surface area contributed by atoms with Gasteiger partial charge in [0.15, 0.2) is 5.82 Å². The Balaban J connectivity index is 2.04. The van der Waals surface area contributed by atoms with Crippen molar-refractivity contribution in [2.75, 3.05) is 7.05 Å². The lowest BCUT2D eigenvalue weighted by atomic mass is 9.85. The van der Waals surface area contributed by atoms with Crippen molar-refractivity contribution < 1.29 is 4.52 Å². The van der Waals surface area contributed by atoms with Gasteiger partial charge >= 0.3 is 0 Å². The van der Waals surface area contributed by atoms with Crippen LogP contribution in [-0.4, -0.2) is 23.2 Å². The zero-order valence-electron chi connectivity index (χ0n) is 13.6. The summed E-state index contributed by atoms with van der Waals surface area (Å²) < 4.78 is 5.39. The Kier molecular flexibility index (Phi) is 4.78. The van der Waals surface area contributed by atoms with Gasteiger partial charge in [-0.1, -0.05) is 55.8 Å². The lowest BCUT2D eigenvalue weighted by Gasteiger charge is -2.29. The van der Waals surface area contributed by atoms with Crippen molar-refractivity contribution in [2.45, 2.75) is 46.6 Å². The van der Waals surface area contributed by atoms with E-state index in [2.05, 4.69) is 67.4 Å². The van der Waals surface area contributed by atoms with E-state index in [0.29, 0.717) is 18.4 Å². The highest BCUT2D eigenvalue weighted by Crippen LogP contribution is 2.22. The summed E-state index contributed by atoms with van der Waals surface area (Å²) in [4.78, 5) is 4.52. The van der Waals surface area contributed by atoms with Crippen molar-refractivity contribution >= 4 is 0 Å². The summed E-state index contributed by atoms with van der Waals surface area (Å²) in [5.41, 5.74) is 2.61. The Morgan fingerprint density at radius 2 is 2.05 bits per heavy atom. The van der Waals surface area contributed by atoms with Crippen molar-refractivity contribution in [1.29, 1.82) is 0 Å². The molecule has 4 nitrogen and oxygen atoms in total. The Bertz CT molecular complexity index is 584. The van der Waals surface area contributed by atoms with E-state index in [-0.39, 0.29) is 5.41 Å². The van der Waals surface area contributed by atoms with Gasteiger partial charge in [-0.25, -0.2) is 0 Å². The van der Waals surface area contributed by atoms with Crippen LogP contribution in [0.3, 0.4) is 0 Å². The molecule has 1 unspecified atom stereocenters. The molecule has 0 fully saturated rings. The summed E-state index contributed by atoms with van der Waals surface area (Å²) in [7, 11) is 1.97. The first-order valence-corrected chi connectivity index (χ1v) is 7.43. The Morgan fingerprint density at radius 3 is 2.67 bits per heavy atom. The Labute approximate surface area is 127 Å². The molecule has 2 rings (SSSR count). The van der Waals surface area contributed by atoms with Crippen molar-refractivity contribution in [2.24, 2.45) is 5.41 Å². The smallest absolute Gasteiger partial charge is 0.228 e. The molecular weight excluding hydrogens is 262 g/mol. The molecule has 0 aliphatic rings. The molecule has 1 aromatic carbocycles. The van der Waals surface area contributed by atoms with Crippen LogP contribution in [0, 0.1) is 12.3 Å². The molecule has 1 heterocycles. The fourth-order valence-corrected chi connectivity index (χ4v) is 2.47. The van der Waals surface area contributed by atoms with Crippen LogP contribution >= 0.6 is 0 Å². The molecule has 0 spiro atoms. The highest BCUT2D eigenvalue weighted by molar-refractivity contribution is 5.24. The highest BCUT2D eigenvalue weighted by Gasteiger charge is 2.25. The highest BCUT2D eigenvalue weighted by atomic mass is 16.5. The maximum Gasteiger partial charge on any atom is 0.228 e. The van der Waals surface area contributed by atoms with Gasteiger partial charge in [0.05, 0.1) is 0 Å². The van der Waals surface area contributed by atoms with E-state index < -0.39 is 0 Å². The van der Waals surface area contributed by atoms with Crippen LogP contribution in [0.1, 0.15) is 43.6 Å². The molecule has 0 radical (unpaired) electrons. The molecule has 0 bridgehead atoms. The predicted molar refractivity (Wildman–Crippen MR) is 84.3 cm³/mol. The van der Waals surface area contributed by atoms with Crippen molar-refractivity contribution in [3.63, 3.8) is 0 Å². The fourth-order valence-electron chi connectivity index (χ4n) is 2.47. The third-order valence-corrected chi connectivity index (χ3v) is 3.73. The summed E-state index contributed by atoms with van der Waals surface area (Å²) in [6.45, 7) is 8.71. The normalized spacial score (nSPS) is 13.4. The number of aromatic nitrogens is 2. The number of nitrogens with one attached hydrogen (secondary N) is 1. The van der Waals surface area contributed by atoms with E-state index >= 15 is 0 Å². The molecule has 4 heteroatoms. The molecule has 0 aliphatic heterocycles. The van der Waals surface area contributed by atoms with Gasteiger partial charge in [-0.05, 0) is 24.9 Å². The number of benzene rings is 1. The summed E-state index contributed by atoms with van der Waals surface area (Å²) >= 11 is 0. The minimum atomic E-state index is 0.153. The van der Waals surface area contributed by atoms with E-state index in [1.54, 1.807) is 0 Å². The lowest BCUT2D eigenvalue weighted by molar-refractivity contribution is 0.255. The van der Waals surface area contributed by atoms with Gasteiger partial charge in [0.1, 0.15) is 0 Å². The topological polar surface area (TPSA) is 51.0 Å². The second-order valence-corrected chi connectivity index (χ2v) is 6.68. The van der Waals surface area contributed by atoms with E-state index in [0.717, 1.165) is 12.2 Å². The van der Waals surface area contributed by atoms with Crippen molar-refractivity contribution in [1.82, 2.24) is 15.5 Å². The molecule has 1 aromatic heterocycles. The van der Waals surface area contributed by atoms with Gasteiger partial charge in [0, 0.05) is 18.9 Å². The molecule has 2 aromatic rings. The van der Waals surface area contributed by atoms with Gasteiger partial charge in [-0.15, -0.1) is 0 Å². The van der Waals surface area contributed by atoms with Crippen LogP contribution in [0.15, 0.2) is 28.8 Å². The average Bonchev–Trinajstić information content (AvgIpc) is 2.82. The van der Waals surface area contributed by atoms with Crippen LogP contribution in [0.4, 0.5) is 0 Å². The lowest BCUT2D eigenvalue weighted by Crippen LogP contribution is -2.39. The number of aryl methyl sites for hydroxylation is 1. The van der Waals surface area contributed by atoms with E-state index in [9.17, 15) is 0 Å². The molecule has 21 heavy (non-hydrogen) atoms. The van der Waals surface area contributed by atoms with Crippen LogP contribution < -0.4 is 5.32 Å². The number of nitrogens with zero attached hydrogens (tertiary/aromatic N) is 2. The summed E-state index contributed by atoms with van der Waals surface area (Å²) in [5.74, 6) is 1.45. The largest absolute Gasteiger partial charge is 0.339 e. The second-order valence-electron chi connectivity index (χ2n) is 6.68. The van der Waals surface area contributed by atoms with Gasteiger partial charge < -0.3 is 9.84 Å². The molecule has 1 atom stereocenters. The van der Waals surface area contributed by atoms with E-state index in [1.165, 1.54) is 11.1 Å². The zero-order chi connectivity index (χ0) is 15.5. The van der Waals surface area contributed by atoms with Crippen LogP contribution in [0.2, 0.25) is 0 Å². The third kappa shape index (κ3) is 4.39. The minimum absolute atomic E-state index is 0.153. The number of likely N-dealkylation sites (N-methyl/N-ethyl adjacent to an activating group) is 1. The third-order valence-electron chi connectivity index (χ3n) is 3.73. The molecule has 0 aliphatic carbocycles. The Morgan fingerprint density at radius 1 is 1.29 bits per heavy atom. The van der Waals surface area contributed by atoms with Crippen molar-refractivity contribution in [3.8, 4) is 0 Å². The first-order valence-electron chi connectivity index (χ1n) is 7.43. The van der Waals surface area contributed by atoms with Gasteiger partial charge in [0.25, 0.3) is 0 Å². The van der Waals surface area contributed by atoms with Crippen LogP contribution in [0.25, 0.3) is 0 Å². The first kappa shape index (κ1) is 15.7. The molecule has 0 saturated carbocycles. The fraction of sp³-hybridized carbons (Fsp3) is 0.529. The first-order chi connectivity index (χ1) is 9.88. The number of hydrogen-bond acceptors (Lipinski definition) is 4.